The van der Waals surface area contributed by atoms with Gasteiger partial charge in [0.15, 0.2) is 0 Å². The van der Waals surface area contributed by atoms with E-state index in [2.05, 4.69) is 63.1 Å². The topological polar surface area (TPSA) is 0 Å². The molecule has 6 heteroatoms. The van der Waals surface area contributed by atoms with Crippen molar-refractivity contribution in [2.45, 2.75) is 51.4 Å². The van der Waals surface area contributed by atoms with Crippen molar-refractivity contribution in [1.82, 2.24) is 0 Å². The lowest BCUT2D eigenvalue weighted by molar-refractivity contribution is 0.151. The highest BCUT2D eigenvalue weighted by Crippen LogP contribution is 2.52. The third-order valence-corrected chi connectivity index (χ3v) is 6.43. The molecule has 0 aromatic heterocycles. The number of hydrogen-bond donors (Lipinski definition) is 6. The smallest absolute Gasteiger partial charge is 0.0338 e. The number of hydrogen-bond acceptors (Lipinski definition) is 6. The summed E-state index contributed by atoms with van der Waals surface area (Å²) < 4.78 is 0. The molecule has 0 aliphatic carbocycles. The predicted molar refractivity (Wildman–Crippen MR) is 124 cm³/mol. The zero-order valence-corrected chi connectivity index (χ0v) is 18.7. The maximum atomic E-state index is 4.98. The fourth-order valence-corrected chi connectivity index (χ4v) is 5.02. The molecule has 2 atom stereocenters. The van der Waals surface area contributed by atoms with Crippen LogP contribution in [0, 0.1) is 22.3 Å². The summed E-state index contributed by atoms with van der Waals surface area (Å²) in [5.41, 5.74) is 0.149. The van der Waals surface area contributed by atoms with E-state index < -0.39 is 0 Å². The van der Waals surface area contributed by atoms with Gasteiger partial charge in [0.2, 0.25) is 0 Å². The van der Waals surface area contributed by atoms with Crippen LogP contribution in [0.25, 0.3) is 0 Å². The van der Waals surface area contributed by atoms with Crippen molar-refractivity contribution >= 4 is 75.8 Å². The highest BCUT2D eigenvalue weighted by molar-refractivity contribution is 7.83. The predicted octanol–water partition coefficient (Wildman–Crippen LogP) is 5.98. The van der Waals surface area contributed by atoms with E-state index in [9.17, 15) is 0 Å². The Morgan fingerprint density at radius 2 is 1.55 bits per heavy atom. The van der Waals surface area contributed by atoms with Gasteiger partial charge in [-0.05, 0) is 85.7 Å². The van der Waals surface area contributed by atoms with Crippen molar-refractivity contribution in [2.24, 2.45) is 11.3 Å². The van der Waals surface area contributed by atoms with E-state index in [1.807, 2.05) is 5.75 Å². The van der Waals surface area contributed by atoms with Gasteiger partial charge in [-0.1, -0.05) is 0 Å². The summed E-state index contributed by atoms with van der Waals surface area (Å²) in [6, 6.07) is 0. The lowest BCUT2D eigenvalue weighted by atomic mass is 9.64. The average Bonchev–Trinajstić information content (AvgIpc) is 2.53. The van der Waals surface area contributed by atoms with Gasteiger partial charge in [-0.2, -0.15) is 75.8 Å². The van der Waals surface area contributed by atoms with Crippen LogP contribution < -0.4 is 0 Å². The molecule has 0 amide bonds. The van der Waals surface area contributed by atoms with Gasteiger partial charge in [0.1, 0.15) is 0 Å². The summed E-state index contributed by atoms with van der Waals surface area (Å²) >= 11 is 27.1. The molecular formula is C16H32S6. The van der Waals surface area contributed by atoms with E-state index in [1.165, 1.54) is 5.25 Å². The molecule has 0 fully saturated rings. The van der Waals surface area contributed by atoms with Gasteiger partial charge in [-0.15, -0.1) is 0 Å². The summed E-state index contributed by atoms with van der Waals surface area (Å²) in [6.45, 7) is 0. The van der Waals surface area contributed by atoms with E-state index in [0.717, 1.165) is 74.4 Å². The first-order chi connectivity index (χ1) is 10.6. The molecule has 2 radical (unpaired) electrons. The Balaban J connectivity index is 5.31. The molecule has 0 spiro atoms. The minimum Gasteiger partial charge on any atom is -0.179 e. The molecule has 22 heavy (non-hydrogen) atoms. The van der Waals surface area contributed by atoms with E-state index in [0.29, 0.717) is 5.92 Å². The quantitative estimate of drug-likeness (QED) is 0.174. The molecule has 0 saturated carbocycles. The van der Waals surface area contributed by atoms with Crippen LogP contribution in [0.1, 0.15) is 51.4 Å². The van der Waals surface area contributed by atoms with E-state index >= 15 is 0 Å². The molecule has 0 aromatic carbocycles. The van der Waals surface area contributed by atoms with Crippen LogP contribution in [-0.2, 0) is 0 Å². The largest absolute Gasteiger partial charge is 0.179 e. The monoisotopic (exact) mass is 416 g/mol. The van der Waals surface area contributed by atoms with Crippen molar-refractivity contribution in [3.05, 3.63) is 11.0 Å². The Hall–Kier alpha value is 2.10. The summed E-state index contributed by atoms with van der Waals surface area (Å²) in [5, 5.41) is 1.34. The first kappa shape index (κ1) is 24.1. The second-order valence-corrected chi connectivity index (χ2v) is 8.39. The fraction of sp³-hybridized carbons (Fsp3) is 0.875. The number of thiol groups is 6. The zero-order chi connectivity index (χ0) is 16.8. The first-order valence-corrected chi connectivity index (χ1v) is 11.6. The highest BCUT2D eigenvalue weighted by Gasteiger charge is 2.42. The van der Waals surface area contributed by atoms with Crippen LogP contribution >= 0.6 is 75.8 Å². The molecule has 0 rings (SSSR count). The summed E-state index contributed by atoms with van der Waals surface area (Å²) in [7, 11) is 0. The highest BCUT2D eigenvalue weighted by atomic mass is 32.1. The van der Waals surface area contributed by atoms with Gasteiger partial charge in [0.05, 0.1) is 0 Å². The Labute approximate surface area is 171 Å². The molecule has 0 saturated heterocycles. The van der Waals surface area contributed by atoms with Crippen LogP contribution in [-0.4, -0.2) is 23.0 Å². The van der Waals surface area contributed by atoms with Crippen LogP contribution in [0.3, 0.4) is 0 Å². The second kappa shape index (κ2) is 15.4. The number of rotatable bonds is 15. The van der Waals surface area contributed by atoms with Crippen LogP contribution in [0.5, 0.6) is 0 Å². The zero-order valence-electron chi connectivity index (χ0n) is 13.3. The van der Waals surface area contributed by atoms with Crippen molar-refractivity contribution in [3.8, 4) is 0 Å². The van der Waals surface area contributed by atoms with Crippen molar-refractivity contribution in [1.29, 1.82) is 0 Å². The standard InChI is InChI=1S/C16H32S6/c17-9-1-4-14(6-12-20)16(8-13-21,7-3-11-19)15(22)5-2-10-18/h9,14,17-22H,1-8,10-13H2. The SMILES string of the molecule is S[CH]CCC(CCS)C(CCS)(CCCS)[C](S)CCCS. The summed E-state index contributed by atoms with van der Waals surface area (Å²) in [6.07, 6.45) is 8.78. The lowest BCUT2D eigenvalue weighted by Crippen LogP contribution is -2.36. The van der Waals surface area contributed by atoms with Crippen LogP contribution in [0.2, 0.25) is 0 Å². The van der Waals surface area contributed by atoms with Crippen LogP contribution in [0.4, 0.5) is 0 Å². The van der Waals surface area contributed by atoms with Crippen LogP contribution in [0.15, 0.2) is 0 Å². The molecule has 0 bridgehead atoms. The average molecular weight is 417 g/mol. The third kappa shape index (κ3) is 8.46. The van der Waals surface area contributed by atoms with Gasteiger partial charge >= 0.3 is 0 Å². The molecule has 2 unspecified atom stereocenters. The van der Waals surface area contributed by atoms with Gasteiger partial charge in [0.25, 0.3) is 0 Å². The van der Waals surface area contributed by atoms with Gasteiger partial charge in [0, 0.05) is 11.0 Å². The maximum Gasteiger partial charge on any atom is 0.0338 e. The van der Waals surface area contributed by atoms with E-state index in [4.69, 9.17) is 12.6 Å². The minimum absolute atomic E-state index is 0.149. The molecule has 0 heterocycles. The molecule has 0 nitrogen and oxygen atoms in total. The van der Waals surface area contributed by atoms with E-state index in [1.54, 1.807) is 0 Å². The normalized spacial score (nSPS) is 16.0. The van der Waals surface area contributed by atoms with Gasteiger partial charge in [-0.3, -0.25) is 0 Å². The fourth-order valence-electron chi connectivity index (χ4n) is 3.28. The van der Waals surface area contributed by atoms with Crippen molar-refractivity contribution < 1.29 is 0 Å². The first-order valence-electron chi connectivity index (χ1n) is 8.07. The molecule has 132 valence electrons. The maximum absolute atomic E-state index is 4.98. The lowest BCUT2D eigenvalue weighted by Gasteiger charge is -2.45. The van der Waals surface area contributed by atoms with E-state index in [-0.39, 0.29) is 5.41 Å². The molecular weight excluding hydrogens is 385 g/mol. The third-order valence-electron chi connectivity index (χ3n) is 4.39. The Kier molecular flexibility index (Phi) is 16.8. The Bertz CT molecular complexity index is 251. The van der Waals surface area contributed by atoms with Gasteiger partial charge in [-0.25, -0.2) is 0 Å². The Morgan fingerprint density at radius 1 is 0.864 bits per heavy atom. The molecule has 0 N–H and O–H groups in total. The Morgan fingerprint density at radius 3 is 2.05 bits per heavy atom. The minimum atomic E-state index is 0.149. The van der Waals surface area contributed by atoms with Crippen molar-refractivity contribution in [2.75, 3.05) is 23.0 Å². The second-order valence-electron chi connectivity index (χ2n) is 5.70. The summed E-state index contributed by atoms with van der Waals surface area (Å²) in [4.78, 5) is 0. The van der Waals surface area contributed by atoms with Crippen molar-refractivity contribution in [3.63, 3.8) is 0 Å². The molecule has 0 aliphatic heterocycles. The summed E-state index contributed by atoms with van der Waals surface area (Å²) in [5.74, 6) is 6.21. The van der Waals surface area contributed by atoms with Gasteiger partial charge < -0.3 is 0 Å². The molecule has 0 aromatic rings. The molecule has 0 aliphatic rings.